The molecule has 7 heteroatoms. The van der Waals surface area contributed by atoms with Gasteiger partial charge in [0.2, 0.25) is 5.91 Å². The summed E-state index contributed by atoms with van der Waals surface area (Å²) < 4.78 is 0. The number of nitrogens with one attached hydrogen (secondary N) is 2. The van der Waals surface area contributed by atoms with Crippen molar-refractivity contribution in [3.8, 4) is 0 Å². The van der Waals surface area contributed by atoms with E-state index < -0.39 is 11.6 Å². The highest BCUT2D eigenvalue weighted by atomic mass is 16.2. The van der Waals surface area contributed by atoms with Crippen molar-refractivity contribution < 1.29 is 19.2 Å². The first-order chi connectivity index (χ1) is 13.3. The van der Waals surface area contributed by atoms with Crippen LogP contribution in [-0.4, -0.2) is 40.6 Å². The van der Waals surface area contributed by atoms with Crippen molar-refractivity contribution >= 4 is 29.3 Å². The summed E-state index contributed by atoms with van der Waals surface area (Å²) in [4.78, 5) is 49.6. The van der Waals surface area contributed by atoms with Crippen molar-refractivity contribution in [1.82, 2.24) is 10.2 Å². The lowest BCUT2D eigenvalue weighted by molar-refractivity contribution is -0.130. The second-order valence-electron chi connectivity index (χ2n) is 7.50. The van der Waals surface area contributed by atoms with Gasteiger partial charge in [-0.1, -0.05) is 39.0 Å². The molecule has 1 unspecified atom stereocenters. The standard InChI is InChI=1S/C21H29N3O4/c1-4-5-6-7-8-13-21(3)19(27)24(20(28)23-21)14-18(26)16-9-11-17(12-10-16)22-15(2)25/h9-12H,4-8,13-14H2,1-3H3,(H,22,25)(H,23,28). The Balaban J connectivity index is 1.95. The molecule has 0 saturated carbocycles. The molecule has 28 heavy (non-hydrogen) atoms. The largest absolute Gasteiger partial charge is 0.326 e. The van der Waals surface area contributed by atoms with Gasteiger partial charge in [0.1, 0.15) is 5.54 Å². The fourth-order valence-corrected chi connectivity index (χ4v) is 3.32. The number of benzene rings is 1. The van der Waals surface area contributed by atoms with Crippen molar-refractivity contribution in [2.45, 2.75) is 64.8 Å². The highest BCUT2D eigenvalue weighted by Gasteiger charge is 2.47. The lowest BCUT2D eigenvalue weighted by Gasteiger charge is -2.21. The summed E-state index contributed by atoms with van der Waals surface area (Å²) in [5.74, 6) is -0.881. The van der Waals surface area contributed by atoms with Gasteiger partial charge in [-0.15, -0.1) is 0 Å². The van der Waals surface area contributed by atoms with Crippen LogP contribution in [0.15, 0.2) is 24.3 Å². The minimum Gasteiger partial charge on any atom is -0.326 e. The number of ketones is 1. The Morgan fingerprint density at radius 1 is 1.07 bits per heavy atom. The smallest absolute Gasteiger partial charge is 0.325 e. The normalized spacial score (nSPS) is 18.9. The van der Waals surface area contributed by atoms with Crippen molar-refractivity contribution in [1.29, 1.82) is 0 Å². The Morgan fingerprint density at radius 2 is 1.71 bits per heavy atom. The summed E-state index contributed by atoms with van der Waals surface area (Å²) in [6.07, 6.45) is 5.87. The lowest BCUT2D eigenvalue weighted by Crippen LogP contribution is -2.44. The number of carbonyl (C=O) groups excluding carboxylic acids is 4. The Hall–Kier alpha value is -2.70. The Morgan fingerprint density at radius 3 is 2.32 bits per heavy atom. The first-order valence-corrected chi connectivity index (χ1v) is 9.82. The number of urea groups is 1. The summed E-state index contributed by atoms with van der Waals surface area (Å²) in [6.45, 7) is 4.97. The molecular formula is C21H29N3O4. The van der Waals surface area contributed by atoms with Gasteiger partial charge in [0.15, 0.2) is 5.78 Å². The summed E-state index contributed by atoms with van der Waals surface area (Å²) in [6, 6.07) is 5.84. The van der Waals surface area contributed by atoms with Crippen LogP contribution in [0, 0.1) is 0 Å². The van der Waals surface area contributed by atoms with E-state index in [4.69, 9.17) is 0 Å². The van der Waals surface area contributed by atoms with E-state index in [9.17, 15) is 19.2 Å². The van der Waals surface area contributed by atoms with Crippen LogP contribution in [-0.2, 0) is 9.59 Å². The van der Waals surface area contributed by atoms with Gasteiger partial charge < -0.3 is 10.6 Å². The molecule has 1 fully saturated rings. The average Bonchev–Trinajstić information content (AvgIpc) is 2.85. The maximum Gasteiger partial charge on any atom is 0.325 e. The molecule has 0 bridgehead atoms. The van der Waals surface area contributed by atoms with Crippen LogP contribution in [0.1, 0.15) is 69.7 Å². The molecule has 1 atom stereocenters. The minimum absolute atomic E-state index is 0.201. The molecular weight excluding hydrogens is 358 g/mol. The van der Waals surface area contributed by atoms with Crippen LogP contribution in [0.5, 0.6) is 0 Å². The van der Waals surface area contributed by atoms with E-state index >= 15 is 0 Å². The number of Topliss-reactive ketones (excluding diaryl/α,β-unsaturated/α-hetero) is 1. The van der Waals surface area contributed by atoms with Crippen LogP contribution in [0.4, 0.5) is 10.5 Å². The maximum absolute atomic E-state index is 12.7. The van der Waals surface area contributed by atoms with Crippen LogP contribution in [0.25, 0.3) is 0 Å². The van der Waals surface area contributed by atoms with Crippen molar-refractivity contribution in [2.24, 2.45) is 0 Å². The highest BCUT2D eigenvalue weighted by molar-refractivity contribution is 6.11. The zero-order valence-electron chi connectivity index (χ0n) is 16.8. The predicted octanol–water partition coefficient (Wildman–Crippen LogP) is 3.50. The zero-order chi connectivity index (χ0) is 20.7. The third-order valence-corrected chi connectivity index (χ3v) is 4.95. The first-order valence-electron chi connectivity index (χ1n) is 9.82. The summed E-state index contributed by atoms with van der Waals surface area (Å²) >= 11 is 0. The molecule has 152 valence electrons. The summed E-state index contributed by atoms with van der Waals surface area (Å²) in [7, 11) is 0. The minimum atomic E-state index is -0.946. The third-order valence-electron chi connectivity index (χ3n) is 4.95. The molecule has 1 aromatic rings. The van der Waals surface area contributed by atoms with E-state index in [1.165, 1.54) is 13.3 Å². The highest BCUT2D eigenvalue weighted by Crippen LogP contribution is 2.24. The number of nitrogens with zero attached hydrogens (tertiary/aromatic N) is 1. The van der Waals surface area contributed by atoms with E-state index in [-0.39, 0.29) is 24.1 Å². The van der Waals surface area contributed by atoms with Crippen LogP contribution >= 0.6 is 0 Å². The quantitative estimate of drug-likeness (QED) is 0.365. The molecule has 0 aliphatic carbocycles. The Bertz CT molecular complexity index is 745. The van der Waals surface area contributed by atoms with Gasteiger partial charge in [-0.3, -0.25) is 19.3 Å². The van der Waals surface area contributed by atoms with Crippen molar-refractivity contribution in [3.05, 3.63) is 29.8 Å². The Labute approximate surface area is 165 Å². The molecule has 1 aromatic carbocycles. The van der Waals surface area contributed by atoms with Gasteiger partial charge in [0.05, 0.1) is 6.54 Å². The predicted molar refractivity (Wildman–Crippen MR) is 107 cm³/mol. The SMILES string of the molecule is CCCCCCCC1(C)NC(=O)N(CC(=O)c2ccc(NC(C)=O)cc2)C1=O. The molecule has 4 amide bonds. The van der Waals surface area contributed by atoms with Gasteiger partial charge in [0, 0.05) is 18.2 Å². The van der Waals surface area contributed by atoms with Crippen LogP contribution in [0.2, 0.25) is 0 Å². The monoisotopic (exact) mass is 387 g/mol. The van der Waals surface area contributed by atoms with Gasteiger partial charge in [-0.25, -0.2) is 4.79 Å². The van der Waals surface area contributed by atoms with Gasteiger partial charge in [-0.05, 0) is 37.6 Å². The fourth-order valence-electron chi connectivity index (χ4n) is 3.32. The van der Waals surface area contributed by atoms with Gasteiger partial charge in [0.25, 0.3) is 5.91 Å². The fraction of sp³-hybridized carbons (Fsp3) is 0.524. The number of amides is 4. The number of anilines is 1. The molecule has 1 aliphatic heterocycles. The van der Waals surface area contributed by atoms with E-state index in [1.807, 2.05) is 0 Å². The number of rotatable bonds is 10. The molecule has 0 radical (unpaired) electrons. The average molecular weight is 387 g/mol. The van der Waals surface area contributed by atoms with E-state index in [0.717, 1.165) is 30.6 Å². The molecule has 2 N–H and O–H groups in total. The summed E-state index contributed by atoms with van der Waals surface area (Å²) in [5, 5.41) is 5.37. The van der Waals surface area contributed by atoms with E-state index in [2.05, 4.69) is 17.6 Å². The number of hydrogen-bond acceptors (Lipinski definition) is 4. The summed E-state index contributed by atoms with van der Waals surface area (Å²) in [5.41, 5.74) is 0.0105. The molecule has 1 aliphatic rings. The second-order valence-corrected chi connectivity index (χ2v) is 7.50. The number of hydrogen-bond donors (Lipinski definition) is 2. The first kappa shape index (κ1) is 21.6. The topological polar surface area (TPSA) is 95.6 Å². The molecule has 1 saturated heterocycles. The molecule has 0 spiro atoms. The molecule has 1 heterocycles. The van der Waals surface area contributed by atoms with Crippen LogP contribution < -0.4 is 10.6 Å². The van der Waals surface area contributed by atoms with Gasteiger partial charge >= 0.3 is 6.03 Å². The maximum atomic E-state index is 12.7. The number of carbonyl (C=O) groups is 4. The molecule has 7 nitrogen and oxygen atoms in total. The van der Waals surface area contributed by atoms with E-state index in [0.29, 0.717) is 17.7 Å². The zero-order valence-corrected chi connectivity index (χ0v) is 16.8. The van der Waals surface area contributed by atoms with Crippen LogP contribution in [0.3, 0.4) is 0 Å². The Kier molecular flexibility index (Phi) is 7.31. The van der Waals surface area contributed by atoms with Crippen molar-refractivity contribution in [2.75, 3.05) is 11.9 Å². The molecule has 2 rings (SSSR count). The van der Waals surface area contributed by atoms with E-state index in [1.54, 1.807) is 31.2 Å². The van der Waals surface area contributed by atoms with Crippen molar-refractivity contribution in [3.63, 3.8) is 0 Å². The number of imide groups is 1. The molecule has 0 aromatic heterocycles. The number of unbranched alkanes of at least 4 members (excludes halogenated alkanes) is 4. The third kappa shape index (κ3) is 5.41. The second kappa shape index (κ2) is 9.48. The van der Waals surface area contributed by atoms with Gasteiger partial charge in [-0.2, -0.15) is 0 Å². The lowest BCUT2D eigenvalue weighted by atomic mass is 9.94.